The molecule has 0 radical (unpaired) electrons. The average Bonchev–Trinajstić information content (AvgIpc) is 2.78. The van der Waals surface area contributed by atoms with Crippen molar-refractivity contribution in [2.75, 3.05) is 31.2 Å². The van der Waals surface area contributed by atoms with Gasteiger partial charge < -0.3 is 19.1 Å². The predicted molar refractivity (Wildman–Crippen MR) is 113 cm³/mol. The monoisotopic (exact) mass is 430 g/mol. The summed E-state index contributed by atoms with van der Waals surface area (Å²) in [4.78, 5) is 33.1. The van der Waals surface area contributed by atoms with Crippen molar-refractivity contribution in [3.63, 3.8) is 0 Å². The minimum absolute atomic E-state index is 0.134. The molecule has 1 aromatic carbocycles. The van der Waals surface area contributed by atoms with Gasteiger partial charge in [-0.3, -0.25) is 14.9 Å². The maximum Gasteiger partial charge on any atom is 0.373 e. The van der Waals surface area contributed by atoms with Crippen molar-refractivity contribution >= 4 is 17.5 Å². The zero-order valence-corrected chi connectivity index (χ0v) is 17.7. The fourth-order valence-corrected chi connectivity index (χ4v) is 3.34. The van der Waals surface area contributed by atoms with Gasteiger partial charge in [-0.05, 0) is 50.5 Å². The maximum absolute atomic E-state index is 12.0. The fourth-order valence-electron chi connectivity index (χ4n) is 3.34. The molecule has 31 heavy (non-hydrogen) atoms. The van der Waals surface area contributed by atoms with Crippen LogP contribution in [0, 0.1) is 16.0 Å². The van der Waals surface area contributed by atoms with Gasteiger partial charge in [0.15, 0.2) is 0 Å². The van der Waals surface area contributed by atoms with Crippen LogP contribution in [0.2, 0.25) is 0 Å². The van der Waals surface area contributed by atoms with Crippen molar-refractivity contribution in [2.45, 2.75) is 33.1 Å². The molecular formula is C21H26N4O6. The molecule has 0 spiro atoms. The van der Waals surface area contributed by atoms with E-state index in [-0.39, 0.29) is 29.3 Å². The summed E-state index contributed by atoms with van der Waals surface area (Å²) >= 11 is 0. The quantitative estimate of drug-likeness (QED) is 0.333. The number of piperidine rings is 1. The van der Waals surface area contributed by atoms with Crippen LogP contribution >= 0.6 is 0 Å². The van der Waals surface area contributed by atoms with Crippen LogP contribution in [-0.4, -0.2) is 47.2 Å². The Kier molecular flexibility index (Phi) is 7.58. The van der Waals surface area contributed by atoms with E-state index >= 15 is 0 Å². The molecule has 3 rings (SSSR count). The van der Waals surface area contributed by atoms with Crippen molar-refractivity contribution < 1.29 is 23.9 Å². The van der Waals surface area contributed by atoms with E-state index in [1.54, 1.807) is 36.1 Å². The molecule has 1 aliphatic rings. The third kappa shape index (κ3) is 5.59. The third-order valence-corrected chi connectivity index (χ3v) is 4.88. The van der Waals surface area contributed by atoms with Crippen LogP contribution in [0.5, 0.6) is 17.4 Å². The highest BCUT2D eigenvalue weighted by Crippen LogP contribution is 2.37. The van der Waals surface area contributed by atoms with Gasteiger partial charge >= 0.3 is 17.5 Å². The molecule has 166 valence electrons. The first-order chi connectivity index (χ1) is 15.0. The molecular weight excluding hydrogens is 404 g/mol. The second-order valence-electron chi connectivity index (χ2n) is 7.04. The van der Waals surface area contributed by atoms with Crippen LogP contribution in [0.4, 0.5) is 11.5 Å². The highest BCUT2D eigenvalue weighted by atomic mass is 16.6. The first kappa shape index (κ1) is 22.3. The van der Waals surface area contributed by atoms with Crippen LogP contribution in [0.15, 0.2) is 30.6 Å². The van der Waals surface area contributed by atoms with Crippen molar-refractivity contribution in [1.82, 2.24) is 9.97 Å². The molecule has 0 saturated carbocycles. The summed E-state index contributed by atoms with van der Waals surface area (Å²) in [5.74, 6) is 0.704. The first-order valence-electron chi connectivity index (χ1n) is 10.3. The number of esters is 1. The topological polar surface area (TPSA) is 117 Å². The molecule has 2 heterocycles. The lowest BCUT2D eigenvalue weighted by Gasteiger charge is -2.31. The van der Waals surface area contributed by atoms with Crippen LogP contribution in [0.25, 0.3) is 0 Å². The molecule has 0 N–H and O–H groups in total. The van der Waals surface area contributed by atoms with Crippen molar-refractivity contribution in [3.05, 3.63) is 40.7 Å². The highest BCUT2D eigenvalue weighted by molar-refractivity contribution is 5.73. The van der Waals surface area contributed by atoms with E-state index in [2.05, 4.69) is 9.97 Å². The van der Waals surface area contributed by atoms with Crippen molar-refractivity contribution in [1.29, 1.82) is 0 Å². The number of hydrogen-bond acceptors (Lipinski definition) is 9. The molecule has 0 bridgehead atoms. The number of nitro groups is 1. The van der Waals surface area contributed by atoms with E-state index in [9.17, 15) is 14.9 Å². The van der Waals surface area contributed by atoms with E-state index in [4.69, 9.17) is 14.2 Å². The van der Waals surface area contributed by atoms with Gasteiger partial charge in [-0.15, -0.1) is 0 Å². The zero-order valence-electron chi connectivity index (χ0n) is 17.7. The summed E-state index contributed by atoms with van der Waals surface area (Å²) in [7, 11) is 0. The van der Waals surface area contributed by atoms with Gasteiger partial charge in [0.05, 0.1) is 24.1 Å². The summed E-state index contributed by atoms with van der Waals surface area (Å²) in [5.41, 5.74) is -0.302. The van der Waals surface area contributed by atoms with Gasteiger partial charge in [0, 0.05) is 13.1 Å². The van der Waals surface area contributed by atoms with Gasteiger partial charge in [-0.1, -0.05) is 6.92 Å². The predicted octanol–water partition coefficient (Wildman–Crippen LogP) is 3.75. The first-order valence-corrected chi connectivity index (χ1v) is 10.3. The summed E-state index contributed by atoms with van der Waals surface area (Å²) in [6, 6.07) is 6.81. The van der Waals surface area contributed by atoms with Crippen molar-refractivity contribution in [3.8, 4) is 17.4 Å². The standard InChI is InChI=1S/C21H26N4O6/c1-3-13-30-16-5-7-17(8-6-16)31-20-18(25(27)28)19(22-14-23-20)24-11-9-15(10-12-24)21(26)29-4-2/h5-8,14-15H,3-4,9-13H2,1-2H3. The van der Waals surface area contributed by atoms with Crippen LogP contribution in [0.3, 0.4) is 0 Å². The normalized spacial score (nSPS) is 14.2. The number of anilines is 1. The Labute approximate surface area is 180 Å². The van der Waals surface area contributed by atoms with Crippen molar-refractivity contribution in [2.24, 2.45) is 5.92 Å². The number of carbonyl (C=O) groups is 1. The Morgan fingerprint density at radius 1 is 1.16 bits per heavy atom. The number of carbonyl (C=O) groups excluding carboxylic acids is 1. The second-order valence-corrected chi connectivity index (χ2v) is 7.04. The summed E-state index contributed by atoms with van der Waals surface area (Å²) < 4.78 is 16.3. The Bertz CT molecular complexity index is 897. The largest absolute Gasteiger partial charge is 0.494 e. The molecule has 1 saturated heterocycles. The lowest BCUT2D eigenvalue weighted by Crippen LogP contribution is -2.37. The third-order valence-electron chi connectivity index (χ3n) is 4.88. The van der Waals surface area contributed by atoms with Crippen LogP contribution in [0.1, 0.15) is 33.1 Å². The number of aromatic nitrogens is 2. The minimum atomic E-state index is -0.541. The minimum Gasteiger partial charge on any atom is -0.494 e. The zero-order chi connectivity index (χ0) is 22.2. The van der Waals surface area contributed by atoms with Gasteiger partial charge in [0.1, 0.15) is 17.8 Å². The smallest absolute Gasteiger partial charge is 0.373 e. The molecule has 1 aliphatic heterocycles. The van der Waals surface area contributed by atoms with E-state index < -0.39 is 4.92 Å². The van der Waals surface area contributed by atoms with E-state index in [1.165, 1.54) is 6.33 Å². The summed E-state index contributed by atoms with van der Waals surface area (Å²) in [5, 5.41) is 11.8. The summed E-state index contributed by atoms with van der Waals surface area (Å²) in [6.07, 6.45) is 3.21. The lowest BCUT2D eigenvalue weighted by molar-refractivity contribution is -0.385. The lowest BCUT2D eigenvalue weighted by atomic mass is 9.97. The number of hydrogen-bond donors (Lipinski definition) is 0. The van der Waals surface area contributed by atoms with Crippen LogP contribution < -0.4 is 14.4 Å². The molecule has 10 nitrogen and oxygen atoms in total. The SMILES string of the molecule is CCCOc1ccc(Oc2ncnc(N3CCC(C(=O)OCC)CC3)c2[N+](=O)[O-])cc1. The van der Waals surface area contributed by atoms with E-state index in [0.29, 0.717) is 50.6 Å². The maximum atomic E-state index is 12.0. The fraction of sp³-hybridized carbons (Fsp3) is 0.476. The summed E-state index contributed by atoms with van der Waals surface area (Å²) in [6.45, 7) is 5.62. The van der Waals surface area contributed by atoms with Gasteiger partial charge in [-0.2, -0.15) is 4.98 Å². The molecule has 2 aromatic rings. The molecule has 0 atom stereocenters. The van der Waals surface area contributed by atoms with Crippen LogP contribution in [-0.2, 0) is 9.53 Å². The molecule has 0 unspecified atom stereocenters. The molecule has 0 amide bonds. The Morgan fingerprint density at radius 3 is 2.45 bits per heavy atom. The molecule has 0 aliphatic carbocycles. The average molecular weight is 430 g/mol. The number of nitrogens with zero attached hydrogens (tertiary/aromatic N) is 4. The number of rotatable bonds is 9. The molecule has 1 aromatic heterocycles. The molecule has 1 fully saturated rings. The number of benzene rings is 1. The Balaban J connectivity index is 1.76. The second kappa shape index (κ2) is 10.6. The Hall–Kier alpha value is -3.43. The molecule has 10 heteroatoms. The Morgan fingerprint density at radius 2 is 1.84 bits per heavy atom. The highest BCUT2D eigenvalue weighted by Gasteiger charge is 2.33. The van der Waals surface area contributed by atoms with E-state index in [0.717, 1.165) is 6.42 Å². The van der Waals surface area contributed by atoms with Gasteiger partial charge in [0.2, 0.25) is 5.82 Å². The van der Waals surface area contributed by atoms with E-state index in [1.807, 2.05) is 6.92 Å². The van der Waals surface area contributed by atoms with Gasteiger partial charge in [0.25, 0.3) is 0 Å². The number of ether oxygens (including phenoxy) is 3. The van der Waals surface area contributed by atoms with Gasteiger partial charge in [-0.25, -0.2) is 4.98 Å².